The summed E-state index contributed by atoms with van der Waals surface area (Å²) in [7, 11) is 5.47. The lowest BCUT2D eigenvalue weighted by molar-refractivity contribution is -0.121. The number of carbonyl (C=O) groups excluding carboxylic acids is 2. The second kappa shape index (κ2) is 13.3. The van der Waals surface area contributed by atoms with Gasteiger partial charge in [0, 0.05) is 37.3 Å². The molecule has 0 amide bonds. The molecule has 0 aromatic heterocycles. The summed E-state index contributed by atoms with van der Waals surface area (Å²) in [5.41, 5.74) is 1.41. The molecule has 2 atom stereocenters. The van der Waals surface area contributed by atoms with E-state index in [9.17, 15) is 14.7 Å². The standard InChI is InChI=1S/C28H37NO6/c1-29(2)19-22(28(32)21-11-14-26-27(18-21)35-16-15-34-26)17-23(30)7-5-4-6-8-25(31)20-9-12-24(33-3)13-10-20/h9-14,18,22,28,32H,4-8,15-17,19H2,1-3H3/t22-,28-/m0/s1. The number of ether oxygens (including phenoxy) is 3. The average Bonchev–Trinajstić information content (AvgIpc) is 2.87. The molecular formula is C28H37NO6. The third-order valence-corrected chi connectivity index (χ3v) is 6.22. The van der Waals surface area contributed by atoms with Gasteiger partial charge in [0.1, 0.15) is 24.7 Å². The highest BCUT2D eigenvalue weighted by molar-refractivity contribution is 5.96. The molecule has 0 radical (unpaired) electrons. The SMILES string of the molecule is COc1ccc(C(=O)CCCCCC(=O)C[C@@H](CN(C)C)[C@@H](O)c2ccc3c(c2)OCCO3)cc1. The first-order chi connectivity index (χ1) is 16.9. The predicted molar refractivity (Wildman–Crippen MR) is 134 cm³/mol. The van der Waals surface area contributed by atoms with E-state index >= 15 is 0 Å². The Morgan fingerprint density at radius 2 is 1.66 bits per heavy atom. The molecule has 2 aromatic rings. The molecule has 2 aromatic carbocycles. The van der Waals surface area contributed by atoms with Crippen molar-refractivity contribution in [3.63, 3.8) is 0 Å². The summed E-state index contributed by atoms with van der Waals surface area (Å²) in [6.45, 7) is 1.60. The molecule has 3 rings (SSSR count). The number of hydrogen-bond acceptors (Lipinski definition) is 7. The minimum absolute atomic E-state index is 0.104. The summed E-state index contributed by atoms with van der Waals surface area (Å²) in [4.78, 5) is 27.1. The van der Waals surface area contributed by atoms with Crippen molar-refractivity contribution in [2.75, 3.05) is 41.0 Å². The number of rotatable bonds is 14. The molecule has 190 valence electrons. The first-order valence-corrected chi connectivity index (χ1v) is 12.3. The highest BCUT2D eigenvalue weighted by Crippen LogP contribution is 2.35. The number of hydrogen-bond donors (Lipinski definition) is 1. The third-order valence-electron chi connectivity index (χ3n) is 6.22. The number of nitrogens with zero attached hydrogens (tertiary/aromatic N) is 1. The van der Waals surface area contributed by atoms with Gasteiger partial charge < -0.3 is 24.2 Å². The van der Waals surface area contributed by atoms with Crippen molar-refractivity contribution in [2.45, 2.75) is 44.6 Å². The van der Waals surface area contributed by atoms with E-state index in [4.69, 9.17) is 14.2 Å². The molecule has 7 heteroatoms. The van der Waals surface area contributed by atoms with E-state index in [0.717, 1.165) is 30.6 Å². The van der Waals surface area contributed by atoms with Crippen molar-refractivity contribution in [1.82, 2.24) is 4.90 Å². The number of aliphatic hydroxyl groups is 1. The van der Waals surface area contributed by atoms with Gasteiger partial charge in [0.25, 0.3) is 0 Å². The lowest BCUT2D eigenvalue weighted by atomic mass is 9.89. The van der Waals surface area contributed by atoms with Crippen LogP contribution in [0, 0.1) is 5.92 Å². The van der Waals surface area contributed by atoms with Gasteiger partial charge in [0.05, 0.1) is 13.2 Å². The van der Waals surface area contributed by atoms with Crippen molar-refractivity contribution < 1.29 is 28.9 Å². The van der Waals surface area contributed by atoms with Crippen LogP contribution >= 0.6 is 0 Å². The van der Waals surface area contributed by atoms with Crippen LogP contribution in [0.2, 0.25) is 0 Å². The number of fused-ring (bicyclic) bond motifs is 1. The van der Waals surface area contributed by atoms with Gasteiger partial charge in [-0.15, -0.1) is 0 Å². The van der Waals surface area contributed by atoms with Gasteiger partial charge in [-0.3, -0.25) is 9.59 Å². The fourth-order valence-corrected chi connectivity index (χ4v) is 4.36. The van der Waals surface area contributed by atoms with Crippen LogP contribution in [0.1, 0.15) is 60.6 Å². The Balaban J connectivity index is 1.45. The second-order valence-corrected chi connectivity index (χ2v) is 9.33. The minimum Gasteiger partial charge on any atom is -0.497 e. The second-order valence-electron chi connectivity index (χ2n) is 9.33. The highest BCUT2D eigenvalue weighted by atomic mass is 16.6. The average molecular weight is 484 g/mol. The molecule has 1 aliphatic heterocycles. The summed E-state index contributed by atoms with van der Waals surface area (Å²) in [5.74, 6) is 2.05. The van der Waals surface area contributed by atoms with E-state index < -0.39 is 6.10 Å². The topological polar surface area (TPSA) is 85.3 Å². The molecule has 1 N–H and O–H groups in total. The van der Waals surface area contributed by atoms with Crippen molar-refractivity contribution in [3.8, 4) is 17.2 Å². The summed E-state index contributed by atoms with van der Waals surface area (Å²) in [5, 5.41) is 11.1. The molecule has 0 aliphatic carbocycles. The van der Waals surface area contributed by atoms with E-state index in [1.807, 2.05) is 37.2 Å². The van der Waals surface area contributed by atoms with Gasteiger partial charge in [0.2, 0.25) is 0 Å². The van der Waals surface area contributed by atoms with E-state index in [2.05, 4.69) is 0 Å². The number of methoxy groups -OCH3 is 1. The van der Waals surface area contributed by atoms with E-state index in [-0.39, 0.29) is 17.5 Å². The molecular weight excluding hydrogens is 446 g/mol. The van der Waals surface area contributed by atoms with Gasteiger partial charge in [-0.25, -0.2) is 0 Å². The van der Waals surface area contributed by atoms with Crippen molar-refractivity contribution >= 4 is 11.6 Å². The highest BCUT2D eigenvalue weighted by Gasteiger charge is 2.26. The van der Waals surface area contributed by atoms with Crippen LogP contribution in [0.5, 0.6) is 17.2 Å². The van der Waals surface area contributed by atoms with Gasteiger partial charge in [-0.05, 0) is 68.9 Å². The molecule has 1 aliphatic rings. The van der Waals surface area contributed by atoms with Gasteiger partial charge in [0.15, 0.2) is 17.3 Å². The zero-order chi connectivity index (χ0) is 25.2. The van der Waals surface area contributed by atoms with E-state index in [1.165, 1.54) is 0 Å². The first kappa shape index (κ1) is 26.7. The molecule has 7 nitrogen and oxygen atoms in total. The fraction of sp³-hybridized carbons (Fsp3) is 0.500. The number of unbranched alkanes of at least 4 members (excludes halogenated alkanes) is 2. The number of ketones is 2. The van der Waals surface area contributed by atoms with Crippen LogP contribution in [-0.4, -0.2) is 62.5 Å². The van der Waals surface area contributed by atoms with Crippen LogP contribution in [0.25, 0.3) is 0 Å². The zero-order valence-electron chi connectivity index (χ0n) is 21.0. The number of benzene rings is 2. The number of aliphatic hydroxyl groups excluding tert-OH is 1. The molecule has 0 spiro atoms. The summed E-state index contributed by atoms with van der Waals surface area (Å²) in [6.07, 6.45) is 2.75. The first-order valence-electron chi connectivity index (χ1n) is 12.3. The molecule has 0 bridgehead atoms. The molecule has 0 saturated carbocycles. The van der Waals surface area contributed by atoms with Crippen LogP contribution in [0.3, 0.4) is 0 Å². The van der Waals surface area contributed by atoms with Gasteiger partial charge in [-0.2, -0.15) is 0 Å². The van der Waals surface area contributed by atoms with Crippen molar-refractivity contribution in [3.05, 3.63) is 53.6 Å². The van der Waals surface area contributed by atoms with Crippen molar-refractivity contribution in [2.24, 2.45) is 5.92 Å². The monoisotopic (exact) mass is 483 g/mol. The normalized spacial score (nSPS) is 14.4. The van der Waals surface area contributed by atoms with E-state index in [0.29, 0.717) is 56.1 Å². The Bertz CT molecular complexity index is 972. The Morgan fingerprint density at radius 1 is 0.971 bits per heavy atom. The largest absolute Gasteiger partial charge is 0.497 e. The summed E-state index contributed by atoms with van der Waals surface area (Å²) >= 11 is 0. The molecule has 0 unspecified atom stereocenters. The van der Waals surface area contributed by atoms with Crippen LogP contribution < -0.4 is 14.2 Å². The van der Waals surface area contributed by atoms with Gasteiger partial charge in [-0.1, -0.05) is 12.5 Å². The quantitative estimate of drug-likeness (QED) is 0.313. The Morgan fingerprint density at radius 3 is 2.34 bits per heavy atom. The number of Topliss-reactive ketones (excluding diaryl/α,β-unsaturated/α-hetero) is 2. The number of carbonyl (C=O) groups is 2. The maximum Gasteiger partial charge on any atom is 0.162 e. The maximum absolute atomic E-state index is 12.7. The predicted octanol–water partition coefficient (Wildman–Crippen LogP) is 4.47. The molecule has 0 fully saturated rings. The van der Waals surface area contributed by atoms with Gasteiger partial charge >= 0.3 is 0 Å². The Kier molecular flexibility index (Phi) is 10.1. The summed E-state index contributed by atoms with van der Waals surface area (Å²) < 4.78 is 16.3. The third kappa shape index (κ3) is 8.08. The zero-order valence-corrected chi connectivity index (χ0v) is 21.0. The van der Waals surface area contributed by atoms with Crippen molar-refractivity contribution in [1.29, 1.82) is 0 Å². The smallest absolute Gasteiger partial charge is 0.162 e. The minimum atomic E-state index is -0.778. The van der Waals surface area contributed by atoms with Crippen LogP contribution in [-0.2, 0) is 4.79 Å². The Labute approximate surface area is 208 Å². The van der Waals surface area contributed by atoms with Crippen LogP contribution in [0.15, 0.2) is 42.5 Å². The molecule has 0 saturated heterocycles. The Hall–Kier alpha value is -2.90. The maximum atomic E-state index is 12.7. The lowest BCUT2D eigenvalue weighted by Gasteiger charge is -2.27. The molecule has 1 heterocycles. The molecule has 35 heavy (non-hydrogen) atoms. The fourth-order valence-electron chi connectivity index (χ4n) is 4.36. The summed E-state index contributed by atoms with van der Waals surface area (Å²) in [6, 6.07) is 12.6. The van der Waals surface area contributed by atoms with E-state index in [1.54, 1.807) is 31.4 Å². The lowest BCUT2D eigenvalue weighted by Crippen LogP contribution is -2.28. The van der Waals surface area contributed by atoms with Crippen LogP contribution in [0.4, 0.5) is 0 Å².